The van der Waals surface area contributed by atoms with E-state index >= 15 is 0 Å². The number of hydrogen-bond acceptors (Lipinski definition) is 3. The summed E-state index contributed by atoms with van der Waals surface area (Å²) in [7, 11) is 1.80. The number of carbonyl (C=O) groups is 1. The first-order chi connectivity index (χ1) is 12.0. The van der Waals surface area contributed by atoms with Gasteiger partial charge in [0.25, 0.3) is 5.91 Å². The lowest BCUT2D eigenvalue weighted by Crippen LogP contribution is -2.38. The molecule has 1 N–H and O–H groups in total. The van der Waals surface area contributed by atoms with Gasteiger partial charge < -0.3 is 5.32 Å². The van der Waals surface area contributed by atoms with Crippen LogP contribution in [0.2, 0.25) is 0 Å². The van der Waals surface area contributed by atoms with E-state index in [0.717, 1.165) is 23.9 Å². The van der Waals surface area contributed by atoms with E-state index in [0.29, 0.717) is 12.1 Å². The Bertz CT molecular complexity index is 697. The van der Waals surface area contributed by atoms with Gasteiger partial charge in [0.2, 0.25) is 0 Å². The molecule has 0 aliphatic carbocycles. The lowest BCUT2D eigenvalue weighted by Gasteiger charge is -2.35. The quantitative estimate of drug-likeness (QED) is 0.910. The number of carbonyl (C=O) groups excluding carboxylic acids is 1. The summed E-state index contributed by atoms with van der Waals surface area (Å²) in [5.41, 5.74) is 3.04. The predicted molar refractivity (Wildman–Crippen MR) is 99.0 cm³/mol. The van der Waals surface area contributed by atoms with Gasteiger partial charge in [0.15, 0.2) is 0 Å². The number of aromatic nitrogens is 2. The molecule has 1 saturated heterocycles. The number of nitrogens with one attached hydrogen (secondary N) is 1. The predicted octanol–water partition coefficient (Wildman–Crippen LogP) is 2.83. The van der Waals surface area contributed by atoms with Gasteiger partial charge in [-0.2, -0.15) is 5.10 Å². The van der Waals surface area contributed by atoms with Crippen LogP contribution in [0.5, 0.6) is 0 Å². The lowest BCUT2D eigenvalue weighted by molar-refractivity contribution is 0.0951. The van der Waals surface area contributed by atoms with Crippen LogP contribution >= 0.6 is 0 Å². The molecule has 25 heavy (non-hydrogen) atoms. The molecular formula is C20H28N4O. The van der Waals surface area contributed by atoms with Crippen LogP contribution in [0.4, 0.5) is 0 Å². The second kappa shape index (κ2) is 7.83. The van der Waals surface area contributed by atoms with E-state index < -0.39 is 0 Å². The first kappa shape index (κ1) is 17.7. The van der Waals surface area contributed by atoms with Crippen molar-refractivity contribution in [3.63, 3.8) is 0 Å². The molecular weight excluding hydrogens is 312 g/mol. The Morgan fingerprint density at radius 3 is 2.40 bits per heavy atom. The highest BCUT2D eigenvalue weighted by atomic mass is 16.1. The maximum Gasteiger partial charge on any atom is 0.254 e. The van der Waals surface area contributed by atoms with Crippen molar-refractivity contribution in [2.75, 3.05) is 13.1 Å². The maximum absolute atomic E-state index is 12.1. The van der Waals surface area contributed by atoms with Crippen LogP contribution in [0.25, 0.3) is 0 Å². The third-order valence-electron chi connectivity index (χ3n) is 4.79. The van der Waals surface area contributed by atoms with Gasteiger partial charge in [0.05, 0.1) is 11.8 Å². The minimum atomic E-state index is -0.0894. The van der Waals surface area contributed by atoms with Gasteiger partial charge in [0.1, 0.15) is 0 Å². The highest BCUT2D eigenvalue weighted by Crippen LogP contribution is 2.22. The van der Waals surface area contributed by atoms with Crippen LogP contribution in [-0.4, -0.2) is 33.7 Å². The largest absolute Gasteiger partial charge is 0.348 e. The van der Waals surface area contributed by atoms with E-state index in [4.69, 9.17) is 0 Å². The molecule has 0 saturated carbocycles. The molecule has 3 rings (SSSR count). The van der Waals surface area contributed by atoms with Crippen molar-refractivity contribution in [1.82, 2.24) is 20.0 Å². The zero-order valence-corrected chi connectivity index (χ0v) is 15.4. The van der Waals surface area contributed by atoms with Crippen LogP contribution in [0, 0.1) is 11.8 Å². The van der Waals surface area contributed by atoms with Crippen molar-refractivity contribution in [2.45, 2.75) is 33.4 Å². The summed E-state index contributed by atoms with van der Waals surface area (Å²) in [4.78, 5) is 14.6. The average Bonchev–Trinajstić information content (AvgIpc) is 2.99. The van der Waals surface area contributed by atoms with E-state index in [1.807, 2.05) is 0 Å². The highest BCUT2D eigenvalue weighted by molar-refractivity contribution is 5.93. The Morgan fingerprint density at radius 2 is 1.80 bits per heavy atom. The number of likely N-dealkylation sites (tertiary alicyclic amines) is 1. The molecule has 1 aliphatic rings. The normalized spacial score (nSPS) is 21.2. The van der Waals surface area contributed by atoms with Crippen LogP contribution in [0.3, 0.4) is 0 Å². The molecule has 1 aromatic carbocycles. The second-order valence-corrected chi connectivity index (χ2v) is 7.54. The van der Waals surface area contributed by atoms with E-state index in [1.165, 1.54) is 25.1 Å². The molecule has 5 nitrogen and oxygen atoms in total. The minimum absolute atomic E-state index is 0.0894. The minimum Gasteiger partial charge on any atom is -0.348 e. The molecule has 1 amide bonds. The van der Waals surface area contributed by atoms with Crippen LogP contribution < -0.4 is 5.32 Å². The number of hydrogen-bond donors (Lipinski definition) is 1. The average molecular weight is 340 g/mol. The molecule has 1 fully saturated rings. The van der Waals surface area contributed by atoms with Gasteiger partial charge in [0, 0.05) is 39.4 Å². The van der Waals surface area contributed by atoms with Crippen molar-refractivity contribution in [3.8, 4) is 0 Å². The standard InChI is InChI=1S/C20H28N4O/c1-15-8-16(2)12-24(11-15)13-18-6-4-17(5-7-18)9-21-20(25)19-10-22-23(3)14-19/h4-7,10,14-16H,8-9,11-13H2,1-3H3,(H,21,25)/t15-,16+. The Labute approximate surface area is 150 Å². The summed E-state index contributed by atoms with van der Waals surface area (Å²) >= 11 is 0. The maximum atomic E-state index is 12.1. The fraction of sp³-hybridized carbons (Fsp3) is 0.500. The summed E-state index contributed by atoms with van der Waals surface area (Å²) < 4.78 is 1.63. The van der Waals surface area contributed by atoms with E-state index in [2.05, 4.69) is 53.4 Å². The smallest absolute Gasteiger partial charge is 0.254 e. The van der Waals surface area contributed by atoms with Gasteiger partial charge in [-0.25, -0.2) is 0 Å². The van der Waals surface area contributed by atoms with E-state index in [-0.39, 0.29) is 5.91 Å². The topological polar surface area (TPSA) is 50.2 Å². The molecule has 2 aromatic rings. The van der Waals surface area contributed by atoms with Gasteiger partial charge in [-0.15, -0.1) is 0 Å². The van der Waals surface area contributed by atoms with Gasteiger partial charge in [-0.3, -0.25) is 14.4 Å². The van der Waals surface area contributed by atoms with Crippen molar-refractivity contribution in [2.24, 2.45) is 18.9 Å². The van der Waals surface area contributed by atoms with Crippen LogP contribution in [0.15, 0.2) is 36.7 Å². The number of aryl methyl sites for hydroxylation is 1. The third kappa shape index (κ3) is 4.92. The Balaban J connectivity index is 1.51. The second-order valence-electron chi connectivity index (χ2n) is 7.54. The number of nitrogens with zero attached hydrogens (tertiary/aromatic N) is 3. The molecule has 0 spiro atoms. The van der Waals surface area contributed by atoms with Crippen LogP contribution in [-0.2, 0) is 20.1 Å². The zero-order valence-electron chi connectivity index (χ0n) is 15.4. The molecule has 1 aliphatic heterocycles. The lowest BCUT2D eigenvalue weighted by atomic mass is 9.91. The SMILES string of the molecule is C[C@@H]1C[C@H](C)CN(Cc2ccc(CNC(=O)c3cnn(C)c3)cc2)C1. The monoisotopic (exact) mass is 340 g/mol. The first-order valence-electron chi connectivity index (χ1n) is 9.06. The number of piperidine rings is 1. The van der Waals surface area contributed by atoms with Gasteiger partial charge in [-0.05, 0) is 29.4 Å². The summed E-state index contributed by atoms with van der Waals surface area (Å²) in [5.74, 6) is 1.48. The fourth-order valence-corrected chi connectivity index (χ4v) is 3.76. The van der Waals surface area contributed by atoms with Gasteiger partial charge >= 0.3 is 0 Å². The fourth-order valence-electron chi connectivity index (χ4n) is 3.76. The summed E-state index contributed by atoms with van der Waals surface area (Å²) in [6, 6.07) is 8.57. The van der Waals surface area contributed by atoms with Crippen molar-refractivity contribution < 1.29 is 4.79 Å². The van der Waals surface area contributed by atoms with Crippen molar-refractivity contribution in [1.29, 1.82) is 0 Å². The molecule has 1 aromatic heterocycles. The summed E-state index contributed by atoms with van der Waals surface area (Å²) in [6.07, 6.45) is 4.64. The van der Waals surface area contributed by atoms with Crippen molar-refractivity contribution in [3.05, 3.63) is 53.3 Å². The Hall–Kier alpha value is -2.14. The first-order valence-corrected chi connectivity index (χ1v) is 9.06. The molecule has 2 atom stereocenters. The summed E-state index contributed by atoms with van der Waals surface area (Å²) in [6.45, 7) is 8.61. The third-order valence-corrected chi connectivity index (χ3v) is 4.79. The molecule has 134 valence electrons. The summed E-state index contributed by atoms with van der Waals surface area (Å²) in [5, 5.41) is 6.96. The van der Waals surface area contributed by atoms with Gasteiger partial charge in [-0.1, -0.05) is 38.1 Å². The number of amides is 1. The zero-order chi connectivity index (χ0) is 17.8. The van der Waals surface area contributed by atoms with E-state index in [9.17, 15) is 4.79 Å². The molecule has 5 heteroatoms. The number of benzene rings is 1. The highest BCUT2D eigenvalue weighted by Gasteiger charge is 2.21. The Morgan fingerprint density at radius 1 is 1.16 bits per heavy atom. The molecule has 2 heterocycles. The molecule has 0 bridgehead atoms. The number of rotatable bonds is 5. The van der Waals surface area contributed by atoms with Crippen LogP contribution in [0.1, 0.15) is 41.8 Å². The molecule has 0 radical (unpaired) electrons. The Kier molecular flexibility index (Phi) is 5.53. The van der Waals surface area contributed by atoms with E-state index in [1.54, 1.807) is 24.1 Å². The molecule has 0 unspecified atom stereocenters. The van der Waals surface area contributed by atoms with Crippen molar-refractivity contribution >= 4 is 5.91 Å².